The SMILES string of the molecule is CC(=O)Oc1cc(O)c2c3c1O[C@H]1[C@@H](N(C)C(=O)C=Cc4cccc(C)c4)CC[C@H]4[C@@H](C2)N(CC2CC2)CC[C@@]341. The smallest absolute Gasteiger partial charge is 0.308 e. The van der Waals surface area contributed by atoms with E-state index < -0.39 is 5.97 Å². The van der Waals surface area contributed by atoms with E-state index in [0.29, 0.717) is 17.7 Å². The number of esters is 1. The van der Waals surface area contributed by atoms with Gasteiger partial charge in [-0.3, -0.25) is 14.5 Å². The molecule has 2 heterocycles. The highest BCUT2D eigenvalue weighted by molar-refractivity contribution is 5.92. The molecule has 2 aromatic rings. The average Bonchev–Trinajstić information content (AvgIpc) is 3.67. The summed E-state index contributed by atoms with van der Waals surface area (Å²) in [6.07, 6.45) is 9.43. The Morgan fingerprint density at radius 1 is 1.23 bits per heavy atom. The number of aromatic hydroxyl groups is 1. The Morgan fingerprint density at radius 2 is 2.05 bits per heavy atom. The van der Waals surface area contributed by atoms with Gasteiger partial charge in [-0.05, 0) is 75.5 Å². The van der Waals surface area contributed by atoms with Gasteiger partial charge in [-0.2, -0.15) is 0 Å². The molecule has 2 bridgehead atoms. The third kappa shape index (κ3) is 3.96. The Morgan fingerprint density at radius 3 is 2.80 bits per heavy atom. The number of phenolic OH excluding ortho intramolecular Hbond substituents is 1. The van der Waals surface area contributed by atoms with Crippen molar-refractivity contribution >= 4 is 18.0 Å². The number of piperidine rings is 1. The molecule has 2 aliphatic heterocycles. The van der Waals surface area contributed by atoms with E-state index >= 15 is 0 Å². The van der Waals surface area contributed by atoms with Crippen molar-refractivity contribution in [2.24, 2.45) is 11.8 Å². The Hall–Kier alpha value is -3.32. The first-order valence-electron chi connectivity index (χ1n) is 14.8. The lowest BCUT2D eigenvalue weighted by atomic mass is 9.50. The second kappa shape index (κ2) is 9.37. The van der Waals surface area contributed by atoms with Crippen LogP contribution in [0.4, 0.5) is 0 Å². The van der Waals surface area contributed by atoms with Crippen LogP contribution in [0.5, 0.6) is 17.2 Å². The summed E-state index contributed by atoms with van der Waals surface area (Å²) in [5.74, 6) is 1.73. The molecule has 0 radical (unpaired) electrons. The maximum Gasteiger partial charge on any atom is 0.308 e. The molecule has 5 aliphatic rings. The average molecular weight is 543 g/mol. The van der Waals surface area contributed by atoms with E-state index in [1.54, 1.807) is 12.1 Å². The van der Waals surface area contributed by atoms with Crippen molar-refractivity contribution in [2.75, 3.05) is 20.1 Å². The van der Waals surface area contributed by atoms with Crippen LogP contribution in [0.15, 0.2) is 36.4 Å². The van der Waals surface area contributed by atoms with E-state index in [2.05, 4.69) is 11.0 Å². The second-order valence-electron chi connectivity index (χ2n) is 12.7. The molecule has 7 nitrogen and oxygen atoms in total. The first-order valence-corrected chi connectivity index (χ1v) is 14.8. The molecular weight excluding hydrogens is 504 g/mol. The fraction of sp³-hybridized carbons (Fsp3) is 0.515. The topological polar surface area (TPSA) is 79.3 Å². The standard InChI is InChI=1S/C33H38N2O5/c1-19-5-4-6-21(15-19)9-12-29(38)34(3)25-11-10-24-26-16-23-27(37)17-28(39-20(2)36)31-30(23)33(24,32(25)40-31)13-14-35(26)18-22-7-8-22/h4-6,9,12,15,17,22,24-26,32,37H,7-8,10-11,13-14,16,18H2,1-3H3/t24-,25-,26+,32-,33-/m0/s1. The van der Waals surface area contributed by atoms with Crippen LogP contribution in [0, 0.1) is 18.8 Å². The van der Waals surface area contributed by atoms with Crippen molar-refractivity contribution in [1.82, 2.24) is 9.80 Å². The second-order valence-corrected chi connectivity index (χ2v) is 12.7. The van der Waals surface area contributed by atoms with Crippen molar-refractivity contribution < 1.29 is 24.2 Å². The molecule has 1 N–H and O–H groups in total. The predicted molar refractivity (Wildman–Crippen MR) is 151 cm³/mol. The van der Waals surface area contributed by atoms with Crippen LogP contribution in [0.1, 0.15) is 61.3 Å². The highest BCUT2D eigenvalue weighted by atomic mass is 16.6. The lowest BCUT2D eigenvalue weighted by molar-refractivity contribution is -0.135. The minimum Gasteiger partial charge on any atom is -0.508 e. The summed E-state index contributed by atoms with van der Waals surface area (Å²) in [6.45, 7) is 5.52. The van der Waals surface area contributed by atoms with Gasteiger partial charge in [0.15, 0.2) is 11.5 Å². The zero-order valence-electron chi connectivity index (χ0n) is 23.6. The molecular formula is C33H38N2O5. The van der Waals surface area contributed by atoms with E-state index in [-0.39, 0.29) is 35.0 Å². The maximum atomic E-state index is 13.5. The summed E-state index contributed by atoms with van der Waals surface area (Å²) in [7, 11) is 1.88. The largest absolute Gasteiger partial charge is 0.508 e. The number of benzene rings is 2. The summed E-state index contributed by atoms with van der Waals surface area (Å²) >= 11 is 0. The van der Waals surface area contributed by atoms with Crippen LogP contribution in [0.2, 0.25) is 0 Å². The van der Waals surface area contributed by atoms with Crippen LogP contribution >= 0.6 is 0 Å². The molecule has 0 unspecified atom stereocenters. The van der Waals surface area contributed by atoms with Crippen LogP contribution in [0.25, 0.3) is 6.08 Å². The molecule has 210 valence electrons. The molecule has 5 atom stereocenters. The normalized spacial score (nSPS) is 30.1. The lowest BCUT2D eigenvalue weighted by Crippen LogP contribution is -2.69. The molecule has 40 heavy (non-hydrogen) atoms. The number of hydrogen-bond donors (Lipinski definition) is 1. The molecule has 1 saturated heterocycles. The number of carbonyl (C=O) groups is 2. The molecule has 1 amide bonds. The summed E-state index contributed by atoms with van der Waals surface area (Å²) < 4.78 is 12.4. The van der Waals surface area contributed by atoms with E-state index in [9.17, 15) is 14.7 Å². The Labute approximate surface area is 235 Å². The fourth-order valence-electron chi connectivity index (χ4n) is 8.36. The van der Waals surface area contributed by atoms with Crippen LogP contribution in [-0.2, 0) is 21.4 Å². The van der Waals surface area contributed by atoms with Gasteiger partial charge in [0.05, 0.1) is 6.04 Å². The van der Waals surface area contributed by atoms with E-state index in [0.717, 1.165) is 66.9 Å². The third-order valence-corrected chi connectivity index (χ3v) is 10.2. The summed E-state index contributed by atoms with van der Waals surface area (Å²) in [6, 6.07) is 9.86. The fourth-order valence-corrected chi connectivity index (χ4v) is 8.36. The molecule has 7 rings (SSSR count). The zero-order valence-corrected chi connectivity index (χ0v) is 23.6. The lowest BCUT2D eigenvalue weighted by Gasteiger charge is -2.60. The number of likely N-dealkylation sites (N-methyl/N-ethyl adjacent to an activating group) is 1. The minimum absolute atomic E-state index is 0.0530. The predicted octanol–water partition coefficient (Wildman–Crippen LogP) is 4.62. The van der Waals surface area contributed by atoms with Gasteiger partial charge in [-0.15, -0.1) is 0 Å². The summed E-state index contributed by atoms with van der Waals surface area (Å²) in [4.78, 5) is 30.0. The monoisotopic (exact) mass is 542 g/mol. The quantitative estimate of drug-likeness (QED) is 0.326. The highest BCUT2D eigenvalue weighted by Gasteiger charge is 2.67. The van der Waals surface area contributed by atoms with E-state index in [1.165, 1.54) is 19.8 Å². The number of phenols is 1. The third-order valence-electron chi connectivity index (χ3n) is 10.2. The van der Waals surface area contributed by atoms with Gasteiger partial charge in [0.2, 0.25) is 5.91 Å². The number of likely N-dealkylation sites (tertiary alicyclic amines) is 1. The maximum absolute atomic E-state index is 13.5. The number of rotatable bonds is 6. The van der Waals surface area contributed by atoms with Gasteiger partial charge in [0, 0.05) is 55.2 Å². The molecule has 2 aromatic carbocycles. The van der Waals surface area contributed by atoms with E-state index in [1.807, 2.05) is 43.1 Å². The van der Waals surface area contributed by atoms with Gasteiger partial charge in [0.25, 0.3) is 0 Å². The first-order chi connectivity index (χ1) is 19.3. The zero-order chi connectivity index (χ0) is 27.8. The molecule has 3 aliphatic carbocycles. The molecule has 0 aromatic heterocycles. The number of ether oxygens (including phenoxy) is 2. The van der Waals surface area contributed by atoms with Gasteiger partial charge in [-0.25, -0.2) is 0 Å². The molecule has 7 heteroatoms. The molecule has 3 fully saturated rings. The van der Waals surface area contributed by atoms with Crippen molar-refractivity contribution in [1.29, 1.82) is 0 Å². The van der Waals surface area contributed by atoms with Crippen LogP contribution < -0.4 is 9.47 Å². The van der Waals surface area contributed by atoms with Crippen molar-refractivity contribution in [3.63, 3.8) is 0 Å². The summed E-state index contributed by atoms with van der Waals surface area (Å²) in [5.41, 5.74) is 3.79. The number of carbonyl (C=O) groups excluding carboxylic acids is 2. The van der Waals surface area contributed by atoms with Crippen molar-refractivity contribution in [2.45, 2.75) is 76.0 Å². The Balaban J connectivity index is 1.26. The Bertz CT molecular complexity index is 1410. The van der Waals surface area contributed by atoms with Crippen molar-refractivity contribution in [3.05, 3.63) is 58.7 Å². The molecule has 1 spiro atoms. The summed E-state index contributed by atoms with van der Waals surface area (Å²) in [5, 5.41) is 11.2. The van der Waals surface area contributed by atoms with Crippen molar-refractivity contribution in [3.8, 4) is 17.2 Å². The Kier molecular flexibility index (Phi) is 6.00. The first kappa shape index (κ1) is 25.6. The highest BCUT2D eigenvalue weighted by Crippen LogP contribution is 2.65. The van der Waals surface area contributed by atoms with Gasteiger partial charge in [0.1, 0.15) is 11.9 Å². The number of hydrogen-bond acceptors (Lipinski definition) is 6. The minimum atomic E-state index is -0.443. The number of aryl methyl sites for hydroxylation is 1. The van der Waals surface area contributed by atoms with Gasteiger partial charge in [-0.1, -0.05) is 29.8 Å². The van der Waals surface area contributed by atoms with E-state index in [4.69, 9.17) is 9.47 Å². The van der Waals surface area contributed by atoms with Gasteiger partial charge >= 0.3 is 5.97 Å². The van der Waals surface area contributed by atoms with Crippen LogP contribution in [-0.4, -0.2) is 65.1 Å². The van der Waals surface area contributed by atoms with Crippen LogP contribution in [0.3, 0.4) is 0 Å². The number of amides is 1. The number of nitrogens with zero attached hydrogens (tertiary/aromatic N) is 2. The van der Waals surface area contributed by atoms with Gasteiger partial charge < -0.3 is 19.5 Å². The molecule has 2 saturated carbocycles.